The number of fused-ring (bicyclic) bond motifs is 2. The van der Waals surface area contributed by atoms with Crippen LogP contribution in [-0.4, -0.2) is 40.4 Å². The fourth-order valence-corrected chi connectivity index (χ4v) is 5.49. The summed E-state index contributed by atoms with van der Waals surface area (Å²) in [5.41, 5.74) is 5.85. The van der Waals surface area contributed by atoms with Crippen molar-refractivity contribution in [2.45, 2.75) is 38.8 Å². The monoisotopic (exact) mass is 405 g/mol. The van der Waals surface area contributed by atoms with Crippen LogP contribution < -0.4 is 10.2 Å². The van der Waals surface area contributed by atoms with Crippen LogP contribution in [0.5, 0.6) is 0 Å². The van der Waals surface area contributed by atoms with Crippen molar-refractivity contribution in [1.82, 2.24) is 20.1 Å². The summed E-state index contributed by atoms with van der Waals surface area (Å²) in [5.74, 6) is 0. The van der Waals surface area contributed by atoms with Gasteiger partial charge in [0.2, 0.25) is 0 Å². The van der Waals surface area contributed by atoms with Crippen LogP contribution in [0.3, 0.4) is 0 Å². The van der Waals surface area contributed by atoms with E-state index in [1.807, 2.05) is 11.7 Å². The Morgan fingerprint density at radius 3 is 2.90 bits per heavy atom. The van der Waals surface area contributed by atoms with Crippen LogP contribution in [0.15, 0.2) is 36.5 Å². The highest BCUT2D eigenvalue weighted by Crippen LogP contribution is 2.35. The number of nitrogens with zero attached hydrogens (tertiary/aromatic N) is 4. The normalized spacial score (nSPS) is 19.9. The Morgan fingerprint density at radius 1 is 1.21 bits per heavy atom. The van der Waals surface area contributed by atoms with Crippen LogP contribution in [0.25, 0.3) is 32.2 Å². The van der Waals surface area contributed by atoms with Gasteiger partial charge in [-0.25, -0.2) is 4.98 Å². The molecule has 0 saturated carbocycles. The second kappa shape index (κ2) is 7.11. The van der Waals surface area contributed by atoms with E-state index < -0.39 is 0 Å². The third-order valence-electron chi connectivity index (χ3n) is 6.07. The molecule has 2 aromatic carbocycles. The number of anilines is 1. The summed E-state index contributed by atoms with van der Waals surface area (Å²) in [6.07, 6.45) is 4.43. The minimum atomic E-state index is 0.557. The minimum absolute atomic E-state index is 0.557. The summed E-state index contributed by atoms with van der Waals surface area (Å²) < 4.78 is 3.13. The van der Waals surface area contributed by atoms with Gasteiger partial charge in [-0.05, 0) is 74.2 Å². The summed E-state index contributed by atoms with van der Waals surface area (Å²) in [5, 5.41) is 10.4. The minimum Gasteiger partial charge on any atom is -0.348 e. The van der Waals surface area contributed by atoms with E-state index in [4.69, 9.17) is 4.98 Å². The zero-order chi connectivity index (χ0) is 20.1. The predicted molar refractivity (Wildman–Crippen MR) is 123 cm³/mol. The maximum Gasteiger partial charge on any atom is 0.186 e. The van der Waals surface area contributed by atoms with Crippen LogP contribution in [0.2, 0.25) is 0 Å². The van der Waals surface area contributed by atoms with Crippen molar-refractivity contribution in [2.24, 2.45) is 7.05 Å². The smallest absolute Gasteiger partial charge is 0.186 e. The van der Waals surface area contributed by atoms with Gasteiger partial charge >= 0.3 is 0 Å². The van der Waals surface area contributed by atoms with Gasteiger partial charge in [0.25, 0.3) is 0 Å². The predicted octanol–water partition coefficient (Wildman–Crippen LogP) is 4.74. The molecule has 1 aliphatic heterocycles. The first-order chi connectivity index (χ1) is 14.0. The van der Waals surface area contributed by atoms with Crippen molar-refractivity contribution in [1.29, 1.82) is 0 Å². The van der Waals surface area contributed by atoms with E-state index in [9.17, 15) is 0 Å². The molecule has 2 atom stereocenters. The molecule has 29 heavy (non-hydrogen) atoms. The maximum atomic E-state index is 4.93. The van der Waals surface area contributed by atoms with Crippen molar-refractivity contribution in [2.75, 3.05) is 18.5 Å². The average molecular weight is 406 g/mol. The molecule has 5 rings (SSSR count). The zero-order valence-electron chi connectivity index (χ0n) is 17.4. The van der Waals surface area contributed by atoms with Gasteiger partial charge in [-0.15, -0.1) is 0 Å². The van der Waals surface area contributed by atoms with E-state index in [-0.39, 0.29) is 0 Å². The first-order valence-electron chi connectivity index (χ1n) is 10.3. The SMILES string of the molecule is Cc1cc(-c2ccc3nc(N(C)C4CCNC(C)C4)sc3c2)cc2cn(C)nc12. The van der Waals surface area contributed by atoms with E-state index in [1.54, 1.807) is 11.3 Å². The van der Waals surface area contributed by atoms with E-state index in [0.29, 0.717) is 12.1 Å². The third kappa shape index (κ3) is 3.40. The first-order valence-corrected chi connectivity index (χ1v) is 11.1. The van der Waals surface area contributed by atoms with Crippen molar-refractivity contribution >= 4 is 37.6 Å². The van der Waals surface area contributed by atoms with Crippen molar-refractivity contribution in [3.05, 3.63) is 42.1 Å². The highest BCUT2D eigenvalue weighted by molar-refractivity contribution is 7.22. The number of aromatic nitrogens is 3. The summed E-state index contributed by atoms with van der Waals surface area (Å²) in [6, 6.07) is 12.2. The molecule has 0 radical (unpaired) electrons. The highest BCUT2D eigenvalue weighted by Gasteiger charge is 2.24. The Hall–Kier alpha value is -2.44. The molecular weight excluding hydrogens is 378 g/mol. The standard InChI is InChI=1S/C23H27N5S/c1-14-9-17(11-18-13-27(3)26-22(14)18)16-5-6-20-21(12-16)29-23(25-20)28(4)19-7-8-24-15(2)10-19/h5-6,9,11-13,15,19,24H,7-8,10H2,1-4H3. The Balaban J connectivity index is 1.49. The molecule has 5 nitrogen and oxygen atoms in total. The third-order valence-corrected chi connectivity index (χ3v) is 7.18. The molecular formula is C23H27N5S. The number of thiazole rings is 1. The highest BCUT2D eigenvalue weighted by atomic mass is 32.1. The van der Waals surface area contributed by atoms with Gasteiger partial charge in [-0.3, -0.25) is 4.68 Å². The number of aryl methyl sites for hydroxylation is 2. The number of rotatable bonds is 3. The van der Waals surface area contributed by atoms with Gasteiger partial charge in [0.05, 0.1) is 15.7 Å². The molecule has 2 unspecified atom stereocenters. The molecule has 4 aromatic rings. The van der Waals surface area contributed by atoms with Gasteiger partial charge < -0.3 is 10.2 Å². The molecule has 1 fully saturated rings. The molecule has 3 heterocycles. The number of hydrogen-bond donors (Lipinski definition) is 1. The van der Waals surface area contributed by atoms with Gasteiger partial charge in [0.1, 0.15) is 0 Å². The van der Waals surface area contributed by atoms with Crippen LogP contribution in [0.4, 0.5) is 5.13 Å². The second-order valence-electron chi connectivity index (χ2n) is 8.36. The largest absolute Gasteiger partial charge is 0.348 e. The second-order valence-corrected chi connectivity index (χ2v) is 9.37. The summed E-state index contributed by atoms with van der Waals surface area (Å²) in [7, 11) is 4.17. The molecule has 1 saturated heterocycles. The van der Waals surface area contributed by atoms with Crippen molar-refractivity contribution < 1.29 is 0 Å². The molecule has 0 amide bonds. The van der Waals surface area contributed by atoms with Gasteiger partial charge in [0.15, 0.2) is 5.13 Å². The summed E-state index contributed by atoms with van der Waals surface area (Å²) >= 11 is 1.80. The fourth-order valence-electron chi connectivity index (χ4n) is 4.45. The molecule has 1 aliphatic rings. The fraction of sp³-hybridized carbons (Fsp3) is 0.391. The molecule has 0 bridgehead atoms. The molecule has 150 valence electrons. The Kier molecular flexibility index (Phi) is 4.56. The summed E-state index contributed by atoms with van der Waals surface area (Å²) in [6.45, 7) is 5.49. The van der Waals surface area contributed by atoms with Gasteiger partial charge in [-0.2, -0.15) is 5.10 Å². The Bertz CT molecular complexity index is 1190. The average Bonchev–Trinajstić information content (AvgIpc) is 3.29. The molecule has 0 spiro atoms. The first kappa shape index (κ1) is 18.6. The number of benzene rings is 2. The number of piperidine rings is 1. The van der Waals surface area contributed by atoms with Crippen LogP contribution in [-0.2, 0) is 7.05 Å². The molecule has 0 aliphatic carbocycles. The number of hydrogen-bond acceptors (Lipinski definition) is 5. The Labute approximate surface area is 175 Å². The van der Waals surface area contributed by atoms with Crippen LogP contribution in [0, 0.1) is 6.92 Å². The van der Waals surface area contributed by atoms with E-state index in [1.165, 1.54) is 39.6 Å². The topological polar surface area (TPSA) is 46.0 Å². The lowest BCUT2D eigenvalue weighted by Gasteiger charge is -2.34. The van der Waals surface area contributed by atoms with Crippen molar-refractivity contribution in [3.63, 3.8) is 0 Å². The quantitative estimate of drug-likeness (QED) is 0.535. The Morgan fingerprint density at radius 2 is 2.07 bits per heavy atom. The lowest BCUT2D eigenvalue weighted by molar-refractivity contribution is 0.371. The van der Waals surface area contributed by atoms with Crippen molar-refractivity contribution in [3.8, 4) is 11.1 Å². The maximum absolute atomic E-state index is 4.93. The van der Waals surface area contributed by atoms with Crippen LogP contribution in [0.1, 0.15) is 25.3 Å². The van der Waals surface area contributed by atoms with E-state index in [0.717, 1.165) is 22.7 Å². The van der Waals surface area contributed by atoms with Crippen LogP contribution >= 0.6 is 11.3 Å². The van der Waals surface area contributed by atoms with E-state index in [2.05, 4.69) is 72.7 Å². The van der Waals surface area contributed by atoms with Gasteiger partial charge in [-0.1, -0.05) is 17.4 Å². The summed E-state index contributed by atoms with van der Waals surface area (Å²) in [4.78, 5) is 7.31. The molecule has 1 N–H and O–H groups in total. The molecule has 2 aromatic heterocycles. The lowest BCUT2D eigenvalue weighted by atomic mass is 10.00. The number of nitrogens with one attached hydrogen (secondary N) is 1. The molecule has 6 heteroatoms. The van der Waals surface area contributed by atoms with E-state index >= 15 is 0 Å². The van der Waals surface area contributed by atoms with Gasteiger partial charge in [0, 0.05) is 37.8 Å². The zero-order valence-corrected chi connectivity index (χ0v) is 18.3. The lowest BCUT2D eigenvalue weighted by Crippen LogP contribution is -2.45.